The molecular formula is C24H44O2. The van der Waals surface area contributed by atoms with Crippen molar-refractivity contribution in [2.24, 2.45) is 5.92 Å². The van der Waals surface area contributed by atoms with Crippen LogP contribution in [0, 0.1) is 5.92 Å². The lowest BCUT2D eigenvalue weighted by Crippen LogP contribution is -2.24. The second-order valence-corrected chi connectivity index (χ2v) is 8.61. The molecule has 0 bridgehead atoms. The Hall–Kier alpha value is -0.340. The maximum Gasteiger partial charge on any atom is 0.104 e. The molecule has 3 unspecified atom stereocenters. The van der Waals surface area contributed by atoms with Gasteiger partial charge in [0.25, 0.3) is 0 Å². The van der Waals surface area contributed by atoms with Crippen LogP contribution in [-0.2, 0) is 9.47 Å². The molecule has 26 heavy (non-hydrogen) atoms. The van der Waals surface area contributed by atoms with E-state index >= 15 is 0 Å². The summed E-state index contributed by atoms with van der Waals surface area (Å²) >= 11 is 0. The molecule has 1 saturated carbocycles. The quantitative estimate of drug-likeness (QED) is 0.164. The molecule has 0 aromatic rings. The van der Waals surface area contributed by atoms with Gasteiger partial charge < -0.3 is 9.47 Å². The molecule has 2 heteroatoms. The van der Waals surface area contributed by atoms with Crippen molar-refractivity contribution in [1.29, 1.82) is 0 Å². The maximum atomic E-state index is 6.02. The number of allylic oxidation sites excluding steroid dienone is 2. The highest BCUT2D eigenvalue weighted by Gasteiger charge is 2.27. The topological polar surface area (TPSA) is 21.8 Å². The Kier molecular flexibility index (Phi) is 12.4. The van der Waals surface area contributed by atoms with Crippen molar-refractivity contribution in [3.8, 4) is 0 Å². The lowest BCUT2D eigenvalue weighted by Gasteiger charge is -2.29. The standard InChI is InChI=1S/C24H44O2/c1-2-3-4-5-6-7-8-9-10-11-12-13-14-16-22-17-15-18-23(19-22)25-20-24-21-26-24/h9-10,22-24H,2-8,11-21H2,1H3/b10-9+. The Labute approximate surface area is 163 Å². The summed E-state index contributed by atoms with van der Waals surface area (Å²) in [6.07, 6.45) is 27.8. The monoisotopic (exact) mass is 364 g/mol. The van der Waals surface area contributed by atoms with E-state index in [1.54, 1.807) is 0 Å². The summed E-state index contributed by atoms with van der Waals surface area (Å²) in [4.78, 5) is 0. The molecule has 1 aliphatic carbocycles. The van der Waals surface area contributed by atoms with Crippen molar-refractivity contribution in [1.82, 2.24) is 0 Å². The minimum atomic E-state index is 0.421. The molecule has 1 heterocycles. The molecule has 0 spiro atoms. The van der Waals surface area contributed by atoms with Crippen LogP contribution in [0.4, 0.5) is 0 Å². The third-order valence-corrected chi connectivity index (χ3v) is 6.03. The van der Waals surface area contributed by atoms with Gasteiger partial charge in [-0.2, -0.15) is 0 Å². The molecule has 0 N–H and O–H groups in total. The molecule has 2 rings (SSSR count). The SMILES string of the molecule is CCCCCCCC/C=C/CCCCCC1CCCC(OCC2CO2)C1. The fourth-order valence-electron chi connectivity index (χ4n) is 4.21. The van der Waals surface area contributed by atoms with Crippen molar-refractivity contribution < 1.29 is 9.47 Å². The Balaban J connectivity index is 1.35. The van der Waals surface area contributed by atoms with Crippen molar-refractivity contribution in [3.05, 3.63) is 12.2 Å². The first-order valence-electron chi connectivity index (χ1n) is 11.8. The van der Waals surface area contributed by atoms with Gasteiger partial charge in [-0.25, -0.2) is 0 Å². The van der Waals surface area contributed by atoms with Gasteiger partial charge in [-0.1, -0.05) is 83.3 Å². The summed E-state index contributed by atoms with van der Waals surface area (Å²) in [5, 5.41) is 0. The van der Waals surface area contributed by atoms with Gasteiger partial charge in [-0.3, -0.25) is 0 Å². The third kappa shape index (κ3) is 11.4. The second-order valence-electron chi connectivity index (χ2n) is 8.61. The summed E-state index contributed by atoms with van der Waals surface area (Å²) in [5.74, 6) is 0.914. The minimum absolute atomic E-state index is 0.421. The predicted molar refractivity (Wildman–Crippen MR) is 112 cm³/mol. The first-order valence-corrected chi connectivity index (χ1v) is 11.8. The highest BCUT2D eigenvalue weighted by atomic mass is 16.6. The van der Waals surface area contributed by atoms with Crippen LogP contribution in [0.25, 0.3) is 0 Å². The Morgan fingerprint density at radius 1 is 0.885 bits per heavy atom. The Bertz CT molecular complexity index is 348. The van der Waals surface area contributed by atoms with E-state index in [1.807, 2.05) is 0 Å². The van der Waals surface area contributed by atoms with Crippen LogP contribution in [0.2, 0.25) is 0 Å². The highest BCUT2D eigenvalue weighted by molar-refractivity contribution is 4.81. The molecule has 0 radical (unpaired) electrons. The van der Waals surface area contributed by atoms with Crippen molar-refractivity contribution in [2.75, 3.05) is 13.2 Å². The van der Waals surface area contributed by atoms with E-state index in [4.69, 9.17) is 9.47 Å². The molecule has 0 aromatic carbocycles. The first-order chi connectivity index (χ1) is 12.9. The van der Waals surface area contributed by atoms with Gasteiger partial charge in [0.05, 0.1) is 19.3 Å². The number of ether oxygens (including phenoxy) is 2. The lowest BCUT2D eigenvalue weighted by atomic mass is 9.84. The Morgan fingerprint density at radius 3 is 2.31 bits per heavy atom. The normalized spacial score (nSPS) is 25.8. The van der Waals surface area contributed by atoms with E-state index in [0.29, 0.717) is 12.2 Å². The molecule has 0 amide bonds. The molecule has 1 aliphatic heterocycles. The zero-order chi connectivity index (χ0) is 18.3. The smallest absolute Gasteiger partial charge is 0.104 e. The lowest BCUT2D eigenvalue weighted by molar-refractivity contribution is 0.00427. The molecule has 3 atom stereocenters. The van der Waals surface area contributed by atoms with Crippen molar-refractivity contribution >= 4 is 0 Å². The van der Waals surface area contributed by atoms with Crippen LogP contribution in [0.5, 0.6) is 0 Å². The van der Waals surface area contributed by atoms with E-state index in [1.165, 1.54) is 103 Å². The zero-order valence-corrected chi connectivity index (χ0v) is 17.4. The molecular weight excluding hydrogens is 320 g/mol. The zero-order valence-electron chi connectivity index (χ0n) is 17.4. The summed E-state index contributed by atoms with van der Waals surface area (Å²) in [7, 11) is 0. The van der Waals surface area contributed by atoms with Crippen LogP contribution < -0.4 is 0 Å². The van der Waals surface area contributed by atoms with Gasteiger partial charge in [-0.15, -0.1) is 0 Å². The van der Waals surface area contributed by atoms with E-state index in [-0.39, 0.29) is 0 Å². The van der Waals surface area contributed by atoms with Crippen molar-refractivity contribution in [2.45, 2.75) is 122 Å². The number of epoxide rings is 1. The summed E-state index contributed by atoms with van der Waals surface area (Å²) in [6.45, 7) is 4.04. The number of hydrogen-bond donors (Lipinski definition) is 0. The fraction of sp³-hybridized carbons (Fsp3) is 0.917. The van der Waals surface area contributed by atoms with Gasteiger partial charge in [0.2, 0.25) is 0 Å². The van der Waals surface area contributed by atoms with E-state index in [0.717, 1.165) is 19.1 Å². The van der Waals surface area contributed by atoms with Crippen molar-refractivity contribution in [3.63, 3.8) is 0 Å². The fourth-order valence-corrected chi connectivity index (χ4v) is 4.21. The van der Waals surface area contributed by atoms with Gasteiger partial charge in [-0.05, 0) is 44.4 Å². The molecule has 2 aliphatic rings. The number of hydrogen-bond acceptors (Lipinski definition) is 2. The third-order valence-electron chi connectivity index (χ3n) is 6.03. The van der Waals surface area contributed by atoms with Crippen LogP contribution in [0.1, 0.15) is 110 Å². The van der Waals surface area contributed by atoms with Gasteiger partial charge in [0, 0.05) is 0 Å². The highest BCUT2D eigenvalue weighted by Crippen LogP contribution is 2.30. The van der Waals surface area contributed by atoms with Crippen LogP contribution >= 0.6 is 0 Å². The molecule has 152 valence electrons. The first kappa shape index (κ1) is 22.0. The summed E-state index contributed by atoms with van der Waals surface area (Å²) < 4.78 is 11.3. The minimum Gasteiger partial charge on any atom is -0.375 e. The molecule has 2 nitrogen and oxygen atoms in total. The van der Waals surface area contributed by atoms with Crippen LogP contribution in [0.15, 0.2) is 12.2 Å². The van der Waals surface area contributed by atoms with Crippen LogP contribution in [0.3, 0.4) is 0 Å². The predicted octanol–water partition coefficient (Wildman–Crippen LogP) is 7.22. The van der Waals surface area contributed by atoms with E-state index in [2.05, 4.69) is 19.1 Å². The Morgan fingerprint density at radius 2 is 1.58 bits per heavy atom. The molecule has 2 fully saturated rings. The number of rotatable bonds is 16. The molecule has 1 saturated heterocycles. The number of unbranched alkanes of at least 4 members (excludes halogenated alkanes) is 9. The van der Waals surface area contributed by atoms with Gasteiger partial charge in [0.1, 0.15) is 6.10 Å². The van der Waals surface area contributed by atoms with E-state index < -0.39 is 0 Å². The maximum absolute atomic E-state index is 6.02. The second kappa shape index (κ2) is 14.7. The largest absolute Gasteiger partial charge is 0.375 e. The van der Waals surface area contributed by atoms with Gasteiger partial charge in [0.15, 0.2) is 0 Å². The molecule has 0 aromatic heterocycles. The average Bonchev–Trinajstić information content (AvgIpc) is 3.49. The van der Waals surface area contributed by atoms with Gasteiger partial charge >= 0.3 is 0 Å². The summed E-state index contributed by atoms with van der Waals surface area (Å²) in [6, 6.07) is 0. The van der Waals surface area contributed by atoms with E-state index in [9.17, 15) is 0 Å². The van der Waals surface area contributed by atoms with Crippen LogP contribution in [-0.4, -0.2) is 25.4 Å². The summed E-state index contributed by atoms with van der Waals surface area (Å²) in [5.41, 5.74) is 0. The average molecular weight is 365 g/mol.